The van der Waals surface area contributed by atoms with Crippen LogP contribution in [0.1, 0.15) is 15.2 Å². The summed E-state index contributed by atoms with van der Waals surface area (Å²) in [6, 6.07) is 1.81. The van der Waals surface area contributed by atoms with Crippen LogP contribution in [0.3, 0.4) is 0 Å². The lowest BCUT2D eigenvalue weighted by Gasteiger charge is -1.90. The summed E-state index contributed by atoms with van der Waals surface area (Å²) in [5, 5.41) is 1.92. The van der Waals surface area contributed by atoms with Crippen LogP contribution in [0.15, 0.2) is 11.4 Å². The lowest BCUT2D eigenvalue weighted by molar-refractivity contribution is -0.386. The molecule has 0 atom stereocenters. The van der Waals surface area contributed by atoms with E-state index < -0.39 is 0 Å². The van der Waals surface area contributed by atoms with Crippen molar-refractivity contribution in [2.75, 3.05) is 7.11 Å². The summed E-state index contributed by atoms with van der Waals surface area (Å²) in [4.78, 5) is 11.6. The van der Waals surface area contributed by atoms with E-state index in [0.29, 0.717) is 11.4 Å². The zero-order chi connectivity index (χ0) is 8.27. The number of quaternary nitrogens is 1. The Morgan fingerprint density at radius 3 is 3.00 bits per heavy atom. The summed E-state index contributed by atoms with van der Waals surface area (Å²) < 4.78 is 4.55. The molecule has 0 bridgehead atoms. The van der Waals surface area contributed by atoms with Gasteiger partial charge in [0.2, 0.25) is 0 Å². The number of carbonyl (C=O) groups is 1. The van der Waals surface area contributed by atoms with Gasteiger partial charge in [-0.15, -0.1) is 11.3 Å². The summed E-state index contributed by atoms with van der Waals surface area (Å²) in [6.45, 7) is 0.716. The maximum Gasteiger partial charge on any atom is 0.348 e. The van der Waals surface area contributed by atoms with Crippen molar-refractivity contribution in [3.8, 4) is 0 Å². The average Bonchev–Trinajstić information content (AvgIpc) is 2.50. The summed E-state index contributed by atoms with van der Waals surface area (Å²) in [6.07, 6.45) is 0. The number of methoxy groups -OCH3 is 1. The number of ether oxygens (including phenoxy) is 1. The maximum absolute atomic E-state index is 10.9. The highest BCUT2D eigenvalue weighted by Gasteiger charge is 2.07. The van der Waals surface area contributed by atoms with Crippen LogP contribution in [-0.2, 0) is 11.3 Å². The van der Waals surface area contributed by atoms with E-state index in [9.17, 15) is 4.79 Å². The average molecular weight is 172 g/mol. The van der Waals surface area contributed by atoms with E-state index in [1.165, 1.54) is 18.4 Å². The van der Waals surface area contributed by atoms with E-state index in [1.54, 1.807) is 0 Å². The van der Waals surface area contributed by atoms with E-state index in [-0.39, 0.29) is 5.97 Å². The van der Waals surface area contributed by atoms with Gasteiger partial charge in [-0.25, -0.2) is 4.79 Å². The molecule has 11 heavy (non-hydrogen) atoms. The van der Waals surface area contributed by atoms with Crippen molar-refractivity contribution in [3.63, 3.8) is 0 Å². The third-order valence-electron chi connectivity index (χ3n) is 1.33. The zero-order valence-corrected chi connectivity index (χ0v) is 7.11. The summed E-state index contributed by atoms with van der Waals surface area (Å²) in [5.74, 6) is -0.269. The SMILES string of the molecule is COC(=O)c1cc(C[NH3+])cs1. The third kappa shape index (κ3) is 1.78. The maximum atomic E-state index is 10.9. The van der Waals surface area contributed by atoms with Crippen LogP contribution in [0.2, 0.25) is 0 Å². The lowest BCUT2D eigenvalue weighted by Crippen LogP contribution is -2.47. The Balaban J connectivity index is 2.80. The number of hydrogen-bond acceptors (Lipinski definition) is 3. The molecular formula is C7H10NO2S+. The van der Waals surface area contributed by atoms with Crippen LogP contribution in [0.5, 0.6) is 0 Å². The van der Waals surface area contributed by atoms with Crippen LogP contribution < -0.4 is 5.73 Å². The van der Waals surface area contributed by atoms with Crippen LogP contribution in [0, 0.1) is 0 Å². The molecule has 0 radical (unpaired) electrons. The van der Waals surface area contributed by atoms with Gasteiger partial charge in [-0.05, 0) is 6.07 Å². The highest BCUT2D eigenvalue weighted by molar-refractivity contribution is 7.12. The number of rotatable bonds is 2. The normalized spacial score (nSPS) is 9.64. The Kier molecular flexibility index (Phi) is 2.62. The topological polar surface area (TPSA) is 53.9 Å². The Bertz CT molecular complexity index is 257. The number of thiophene rings is 1. The molecule has 1 heterocycles. The van der Waals surface area contributed by atoms with E-state index in [0.717, 1.165) is 5.56 Å². The molecule has 0 saturated carbocycles. The van der Waals surface area contributed by atoms with Gasteiger partial charge in [-0.3, -0.25) is 0 Å². The monoisotopic (exact) mass is 172 g/mol. The van der Waals surface area contributed by atoms with E-state index >= 15 is 0 Å². The minimum absolute atomic E-state index is 0.269. The first kappa shape index (κ1) is 8.23. The summed E-state index contributed by atoms with van der Waals surface area (Å²) >= 11 is 1.39. The van der Waals surface area contributed by atoms with Crippen LogP contribution in [0.4, 0.5) is 0 Å². The number of esters is 1. The largest absolute Gasteiger partial charge is 0.465 e. The van der Waals surface area contributed by atoms with Gasteiger partial charge in [0.15, 0.2) is 0 Å². The first-order valence-electron chi connectivity index (χ1n) is 3.23. The number of carbonyl (C=O) groups excluding carboxylic acids is 1. The first-order chi connectivity index (χ1) is 5.27. The number of hydrogen-bond donors (Lipinski definition) is 1. The molecule has 3 N–H and O–H groups in total. The molecule has 0 aromatic carbocycles. The molecule has 0 aliphatic heterocycles. The van der Waals surface area contributed by atoms with Crippen molar-refractivity contribution < 1.29 is 15.3 Å². The van der Waals surface area contributed by atoms with Gasteiger partial charge in [0.1, 0.15) is 11.4 Å². The van der Waals surface area contributed by atoms with Gasteiger partial charge in [0.25, 0.3) is 0 Å². The smallest absolute Gasteiger partial charge is 0.348 e. The molecule has 1 rings (SSSR count). The minimum Gasteiger partial charge on any atom is -0.465 e. The highest BCUT2D eigenvalue weighted by atomic mass is 32.1. The van der Waals surface area contributed by atoms with Crippen molar-refractivity contribution in [1.82, 2.24) is 0 Å². The first-order valence-corrected chi connectivity index (χ1v) is 4.11. The van der Waals surface area contributed by atoms with Gasteiger partial charge in [0.05, 0.1) is 7.11 Å². The molecule has 1 aromatic heterocycles. The predicted molar refractivity (Wildman–Crippen MR) is 42.3 cm³/mol. The molecule has 0 aliphatic rings. The molecule has 4 heteroatoms. The van der Waals surface area contributed by atoms with Crippen LogP contribution in [0.25, 0.3) is 0 Å². The molecule has 0 amide bonds. The van der Waals surface area contributed by atoms with E-state index in [2.05, 4.69) is 10.5 Å². The van der Waals surface area contributed by atoms with Gasteiger partial charge >= 0.3 is 5.97 Å². The van der Waals surface area contributed by atoms with Crippen molar-refractivity contribution in [2.24, 2.45) is 0 Å². The third-order valence-corrected chi connectivity index (χ3v) is 2.29. The van der Waals surface area contributed by atoms with Gasteiger partial charge in [-0.1, -0.05) is 0 Å². The van der Waals surface area contributed by atoms with Crippen LogP contribution in [-0.4, -0.2) is 13.1 Å². The minimum atomic E-state index is -0.269. The predicted octanol–water partition coefficient (Wildman–Crippen LogP) is 0.277. The van der Waals surface area contributed by atoms with E-state index in [1.807, 2.05) is 11.4 Å². The molecule has 0 unspecified atom stereocenters. The fourth-order valence-corrected chi connectivity index (χ4v) is 1.58. The summed E-state index contributed by atoms with van der Waals surface area (Å²) in [5.41, 5.74) is 4.79. The van der Waals surface area contributed by atoms with Crippen molar-refractivity contribution in [2.45, 2.75) is 6.54 Å². The molecule has 0 aliphatic carbocycles. The fraction of sp³-hybridized carbons (Fsp3) is 0.286. The molecular weight excluding hydrogens is 162 g/mol. The van der Waals surface area contributed by atoms with Gasteiger partial charge in [0, 0.05) is 10.9 Å². The molecule has 60 valence electrons. The quantitative estimate of drug-likeness (QED) is 0.651. The van der Waals surface area contributed by atoms with E-state index in [4.69, 9.17) is 0 Å². The van der Waals surface area contributed by atoms with Gasteiger partial charge < -0.3 is 10.5 Å². The standard InChI is InChI=1S/C7H9NO2S/c1-10-7(9)6-2-5(3-8)4-11-6/h2,4H,3,8H2,1H3/p+1. The van der Waals surface area contributed by atoms with Crippen molar-refractivity contribution in [3.05, 3.63) is 21.9 Å². The van der Waals surface area contributed by atoms with Gasteiger partial charge in [-0.2, -0.15) is 0 Å². The molecule has 1 aromatic rings. The summed E-state index contributed by atoms with van der Waals surface area (Å²) in [7, 11) is 1.38. The second-order valence-corrected chi connectivity index (χ2v) is 2.97. The second-order valence-electron chi connectivity index (χ2n) is 2.06. The van der Waals surface area contributed by atoms with Crippen molar-refractivity contribution in [1.29, 1.82) is 0 Å². The molecule has 0 fully saturated rings. The van der Waals surface area contributed by atoms with Crippen molar-refractivity contribution >= 4 is 17.3 Å². The lowest BCUT2D eigenvalue weighted by atomic mass is 10.3. The second kappa shape index (κ2) is 3.50. The molecule has 0 spiro atoms. The Morgan fingerprint density at radius 2 is 2.55 bits per heavy atom. The van der Waals surface area contributed by atoms with Crippen LogP contribution >= 0.6 is 11.3 Å². The molecule has 0 saturated heterocycles. The highest BCUT2D eigenvalue weighted by Crippen LogP contribution is 2.14. The zero-order valence-electron chi connectivity index (χ0n) is 6.29. The Morgan fingerprint density at radius 1 is 1.82 bits per heavy atom. The Labute approximate surface area is 68.8 Å². The Hall–Kier alpha value is -0.870. The fourth-order valence-electron chi connectivity index (χ4n) is 0.714. The molecule has 3 nitrogen and oxygen atoms in total.